The third-order valence-electron chi connectivity index (χ3n) is 3.38. The van der Waals surface area contributed by atoms with Crippen LogP contribution in [0, 0.1) is 19.8 Å². The molecule has 0 heterocycles. The molecular formula is C13H16BrNO2. The molecule has 1 aromatic rings. The minimum atomic E-state index is -0.695. The smallest absolute Gasteiger partial charge is 0.308 e. The summed E-state index contributed by atoms with van der Waals surface area (Å²) < 4.78 is 1.12. The Hall–Kier alpha value is -1.03. The summed E-state index contributed by atoms with van der Waals surface area (Å²) in [4.78, 5) is 10.9. The van der Waals surface area contributed by atoms with E-state index in [1.807, 2.05) is 26.0 Å². The van der Waals surface area contributed by atoms with Crippen LogP contribution in [0.15, 0.2) is 16.6 Å². The van der Waals surface area contributed by atoms with Gasteiger partial charge in [-0.3, -0.25) is 4.79 Å². The van der Waals surface area contributed by atoms with Gasteiger partial charge in [0.2, 0.25) is 0 Å². The number of carbonyl (C=O) groups is 1. The van der Waals surface area contributed by atoms with E-state index in [0.717, 1.165) is 23.0 Å². The van der Waals surface area contributed by atoms with Gasteiger partial charge in [-0.25, -0.2) is 0 Å². The van der Waals surface area contributed by atoms with Crippen molar-refractivity contribution in [2.75, 3.05) is 5.32 Å². The van der Waals surface area contributed by atoms with Crippen LogP contribution < -0.4 is 5.32 Å². The normalized spacial score (nSPS) is 23.0. The van der Waals surface area contributed by atoms with E-state index in [2.05, 4.69) is 21.2 Å². The molecular weight excluding hydrogens is 282 g/mol. The summed E-state index contributed by atoms with van der Waals surface area (Å²) in [6, 6.07) is 4.18. The van der Waals surface area contributed by atoms with Gasteiger partial charge >= 0.3 is 5.97 Å². The Morgan fingerprint density at radius 1 is 1.35 bits per heavy atom. The molecule has 1 aliphatic rings. The van der Waals surface area contributed by atoms with Crippen LogP contribution in [0.4, 0.5) is 5.69 Å². The van der Waals surface area contributed by atoms with Crippen molar-refractivity contribution in [1.29, 1.82) is 0 Å². The van der Waals surface area contributed by atoms with Crippen molar-refractivity contribution in [3.05, 3.63) is 27.7 Å². The third-order valence-corrected chi connectivity index (χ3v) is 4.63. The molecule has 2 rings (SSSR count). The van der Waals surface area contributed by atoms with Gasteiger partial charge in [-0.05, 0) is 49.9 Å². The Bertz CT molecular complexity index is 436. The molecule has 0 bridgehead atoms. The molecule has 0 aromatic heterocycles. The SMILES string of the molecule is Cc1cc(NC2CCC2C(=O)O)cc(C)c1Br. The highest BCUT2D eigenvalue weighted by atomic mass is 79.9. The van der Waals surface area contributed by atoms with Gasteiger partial charge in [-0.15, -0.1) is 0 Å². The molecule has 0 amide bonds. The molecule has 2 atom stereocenters. The van der Waals surface area contributed by atoms with E-state index in [9.17, 15) is 4.79 Å². The third kappa shape index (κ3) is 2.46. The van der Waals surface area contributed by atoms with Crippen molar-refractivity contribution in [2.24, 2.45) is 5.92 Å². The van der Waals surface area contributed by atoms with Gasteiger partial charge < -0.3 is 10.4 Å². The van der Waals surface area contributed by atoms with Crippen LogP contribution in [-0.4, -0.2) is 17.1 Å². The first kappa shape index (κ1) is 12.4. The number of nitrogens with one attached hydrogen (secondary N) is 1. The van der Waals surface area contributed by atoms with Gasteiger partial charge in [-0.1, -0.05) is 15.9 Å². The van der Waals surface area contributed by atoms with E-state index in [1.165, 1.54) is 11.1 Å². The van der Waals surface area contributed by atoms with Crippen LogP contribution in [0.3, 0.4) is 0 Å². The molecule has 2 N–H and O–H groups in total. The highest BCUT2D eigenvalue weighted by Gasteiger charge is 2.36. The quantitative estimate of drug-likeness (QED) is 0.899. The first-order chi connectivity index (χ1) is 7.99. The summed E-state index contributed by atoms with van der Waals surface area (Å²) in [7, 11) is 0. The molecule has 1 aromatic carbocycles. The first-order valence-electron chi connectivity index (χ1n) is 5.75. The van der Waals surface area contributed by atoms with Gasteiger partial charge in [0.25, 0.3) is 0 Å². The molecule has 0 spiro atoms. The van der Waals surface area contributed by atoms with Gasteiger partial charge in [0.1, 0.15) is 0 Å². The van der Waals surface area contributed by atoms with Crippen LogP contribution in [0.5, 0.6) is 0 Å². The van der Waals surface area contributed by atoms with Gasteiger partial charge in [0.15, 0.2) is 0 Å². The van der Waals surface area contributed by atoms with E-state index in [1.54, 1.807) is 0 Å². The summed E-state index contributed by atoms with van der Waals surface area (Å²) in [5.74, 6) is -0.932. The first-order valence-corrected chi connectivity index (χ1v) is 6.54. The Morgan fingerprint density at radius 2 is 1.94 bits per heavy atom. The number of benzene rings is 1. The number of rotatable bonds is 3. The van der Waals surface area contributed by atoms with Gasteiger partial charge in [0.05, 0.1) is 5.92 Å². The molecule has 3 nitrogen and oxygen atoms in total. The zero-order valence-electron chi connectivity index (χ0n) is 9.96. The van der Waals surface area contributed by atoms with E-state index < -0.39 is 5.97 Å². The summed E-state index contributed by atoms with van der Waals surface area (Å²) in [6.07, 6.45) is 1.71. The molecule has 92 valence electrons. The summed E-state index contributed by atoms with van der Waals surface area (Å²) in [5.41, 5.74) is 3.34. The lowest BCUT2D eigenvalue weighted by atomic mass is 9.79. The molecule has 0 saturated heterocycles. The fourth-order valence-corrected chi connectivity index (χ4v) is 2.44. The van der Waals surface area contributed by atoms with Gasteiger partial charge in [-0.2, -0.15) is 0 Å². The Morgan fingerprint density at radius 3 is 2.35 bits per heavy atom. The van der Waals surface area contributed by atoms with E-state index in [0.29, 0.717) is 0 Å². The molecule has 1 saturated carbocycles. The second-order valence-electron chi connectivity index (χ2n) is 4.70. The van der Waals surface area contributed by atoms with Crippen molar-refractivity contribution in [1.82, 2.24) is 0 Å². The van der Waals surface area contributed by atoms with E-state index in [4.69, 9.17) is 5.11 Å². The topological polar surface area (TPSA) is 49.3 Å². The maximum absolute atomic E-state index is 10.9. The number of carboxylic acid groups (broad SMARTS) is 1. The highest BCUT2D eigenvalue weighted by molar-refractivity contribution is 9.10. The van der Waals surface area contributed by atoms with Crippen LogP contribution in [0.1, 0.15) is 24.0 Å². The Labute approximate surface area is 109 Å². The van der Waals surface area contributed by atoms with Gasteiger partial charge in [0, 0.05) is 16.2 Å². The van der Waals surface area contributed by atoms with Crippen molar-refractivity contribution < 1.29 is 9.90 Å². The Kier molecular flexibility index (Phi) is 3.43. The zero-order chi connectivity index (χ0) is 12.6. The summed E-state index contributed by atoms with van der Waals surface area (Å²) in [5, 5.41) is 12.3. The maximum Gasteiger partial charge on any atom is 0.308 e. The zero-order valence-corrected chi connectivity index (χ0v) is 11.5. The minimum absolute atomic E-state index is 0.0764. The molecule has 0 aliphatic heterocycles. The molecule has 1 aliphatic carbocycles. The summed E-state index contributed by atoms with van der Waals surface area (Å²) >= 11 is 3.52. The predicted molar refractivity (Wildman–Crippen MR) is 71.4 cm³/mol. The monoisotopic (exact) mass is 297 g/mol. The lowest BCUT2D eigenvalue weighted by molar-refractivity contribution is -0.144. The lowest BCUT2D eigenvalue weighted by Gasteiger charge is -2.35. The molecule has 1 fully saturated rings. The Balaban J connectivity index is 2.12. The van der Waals surface area contributed by atoms with E-state index >= 15 is 0 Å². The van der Waals surface area contributed by atoms with Crippen molar-refractivity contribution in [3.8, 4) is 0 Å². The van der Waals surface area contributed by atoms with Crippen LogP contribution in [0.25, 0.3) is 0 Å². The minimum Gasteiger partial charge on any atom is -0.481 e. The van der Waals surface area contributed by atoms with Crippen LogP contribution in [-0.2, 0) is 4.79 Å². The highest BCUT2D eigenvalue weighted by Crippen LogP contribution is 2.32. The van der Waals surface area contributed by atoms with Crippen molar-refractivity contribution >= 4 is 27.6 Å². The van der Waals surface area contributed by atoms with Crippen LogP contribution in [0.2, 0.25) is 0 Å². The molecule has 2 unspecified atom stereocenters. The maximum atomic E-state index is 10.9. The number of aryl methyl sites for hydroxylation is 2. The second-order valence-corrected chi connectivity index (χ2v) is 5.49. The predicted octanol–water partition coefficient (Wildman–Crippen LogP) is 3.34. The number of aliphatic carboxylic acids is 1. The number of halogens is 1. The average molecular weight is 298 g/mol. The fourth-order valence-electron chi connectivity index (χ4n) is 2.21. The van der Waals surface area contributed by atoms with Crippen LogP contribution >= 0.6 is 15.9 Å². The number of carboxylic acids is 1. The summed E-state index contributed by atoms with van der Waals surface area (Å²) in [6.45, 7) is 4.08. The van der Waals surface area contributed by atoms with Crippen molar-refractivity contribution in [3.63, 3.8) is 0 Å². The van der Waals surface area contributed by atoms with E-state index in [-0.39, 0.29) is 12.0 Å². The number of hydrogen-bond donors (Lipinski definition) is 2. The lowest BCUT2D eigenvalue weighted by Crippen LogP contribution is -2.43. The largest absolute Gasteiger partial charge is 0.481 e. The average Bonchev–Trinajstić information content (AvgIpc) is 2.20. The molecule has 17 heavy (non-hydrogen) atoms. The van der Waals surface area contributed by atoms with Crippen molar-refractivity contribution in [2.45, 2.75) is 32.7 Å². The second kappa shape index (κ2) is 4.69. The molecule has 4 heteroatoms. The molecule has 0 radical (unpaired) electrons. The number of anilines is 1. The standard InChI is InChI=1S/C13H16BrNO2/c1-7-5-9(6-8(2)12(7)14)15-11-4-3-10(11)13(16)17/h5-6,10-11,15H,3-4H2,1-2H3,(H,16,17). The number of hydrogen-bond acceptors (Lipinski definition) is 2. The fraction of sp³-hybridized carbons (Fsp3) is 0.462.